The zero-order chi connectivity index (χ0) is 48.7. The molecular formula is C44H110O11Si11. The fourth-order valence-corrected chi connectivity index (χ4v) is 55.8. The van der Waals surface area contributed by atoms with E-state index in [1.54, 1.807) is 0 Å². The van der Waals surface area contributed by atoms with Crippen LogP contribution in [0.5, 0.6) is 0 Å². The molecule has 22 heteroatoms. The molecule has 1 atom stereocenters. The van der Waals surface area contributed by atoms with Crippen molar-refractivity contribution in [3.8, 4) is 0 Å². The molecule has 1 rings (SSSR count). The van der Waals surface area contributed by atoms with Crippen molar-refractivity contribution in [2.75, 3.05) is 0 Å². The molecule has 396 valence electrons. The first-order valence-electron chi connectivity index (χ1n) is 28.1. The first-order chi connectivity index (χ1) is 32.1. The smallest absolute Gasteiger partial charge is 0.320 e. The summed E-state index contributed by atoms with van der Waals surface area (Å²) in [7, 11) is -22.8. The van der Waals surface area contributed by atoms with Crippen molar-refractivity contribution in [3.05, 3.63) is 0 Å². The molecular weight excluding hydrogens is 1010 g/mol. The molecule has 0 aromatic heterocycles. The molecule has 1 aliphatic rings. The highest BCUT2D eigenvalue weighted by atomic mass is 28.5. The molecule has 1 unspecified atom stereocenters. The molecule has 1 saturated heterocycles. The maximum atomic E-state index is 8.57. The average molecular weight is 1120 g/mol. The molecule has 0 bridgehead atoms. The summed E-state index contributed by atoms with van der Waals surface area (Å²) in [6, 6.07) is 11.0. The van der Waals surface area contributed by atoms with Crippen LogP contribution in [0.1, 0.15) is 217 Å². The van der Waals surface area contributed by atoms with Crippen LogP contribution in [0.3, 0.4) is 0 Å². The average Bonchev–Trinajstić information content (AvgIpc) is 3.32. The highest BCUT2D eigenvalue weighted by Crippen LogP contribution is 2.44. The van der Waals surface area contributed by atoms with Gasteiger partial charge in [0.2, 0.25) is 0 Å². The van der Waals surface area contributed by atoms with Crippen LogP contribution in [-0.2, 0) is 45.3 Å². The normalized spacial score (nSPS) is 23.0. The number of hydrogen-bond acceptors (Lipinski definition) is 11. The van der Waals surface area contributed by atoms with Gasteiger partial charge in [0.05, 0.1) is 0 Å². The van der Waals surface area contributed by atoms with Crippen LogP contribution in [0, 0.1) is 0 Å². The van der Waals surface area contributed by atoms with Crippen LogP contribution in [0.2, 0.25) is 66.5 Å². The van der Waals surface area contributed by atoms with Gasteiger partial charge in [0, 0.05) is 0 Å². The Morgan fingerprint density at radius 3 is 0.879 bits per heavy atom. The van der Waals surface area contributed by atoms with Crippen LogP contribution in [-0.4, -0.2) is 102 Å². The highest BCUT2D eigenvalue weighted by Gasteiger charge is 2.58. The summed E-state index contributed by atoms with van der Waals surface area (Å²) < 4.78 is 80.6. The van der Waals surface area contributed by atoms with Gasteiger partial charge in [0.1, 0.15) is 0 Å². The Morgan fingerprint density at radius 2 is 0.545 bits per heavy atom. The van der Waals surface area contributed by atoms with Gasteiger partial charge in [-0.2, -0.15) is 0 Å². The molecule has 1 heterocycles. The van der Waals surface area contributed by atoms with E-state index in [0.717, 1.165) is 208 Å². The van der Waals surface area contributed by atoms with E-state index in [1.165, 1.54) is 0 Å². The van der Waals surface area contributed by atoms with E-state index in [9.17, 15) is 0 Å². The second kappa shape index (κ2) is 41.3. The zero-order valence-corrected chi connectivity index (χ0v) is 58.7. The highest BCUT2D eigenvalue weighted by molar-refractivity contribution is 6.92. The Hall–Kier alpha value is 1.95. The standard InChI is InChI=1S/C44H110O11Si11/c1-12-23-34-61-49-59-47-57-45-56-46-58-48-60-50-62(35-24-13-2,36-25-14-3)52-64(39-28-17-6,40-29-18-7)54-66(43-32-21-10,44-33-22-11)55-65(41-30-19-8,42-31-20-9)53-63(51-61,37-26-15-4)38-27-16-5/h61H,12-44,56-60H2,1-11H3. The SMILES string of the molecule is CCCC[SiH]1O[SiH2]O[SiH2]O[SiH2]O[SiH2]O[SiH2]O[Si](CCCC)(CCCC)O[Si](CCCC)(CCCC)O[Si](CCCC)(CCCC)O[Si](CCCC)(CCCC)O[Si](CCCC)(CCCC)O1. The lowest BCUT2D eigenvalue weighted by Gasteiger charge is -2.50. The fourth-order valence-electron chi connectivity index (χ4n) is 9.01. The van der Waals surface area contributed by atoms with E-state index in [4.69, 9.17) is 45.3 Å². The zero-order valence-electron chi connectivity index (χ0n) is 45.4. The monoisotopic (exact) mass is 1120 g/mol. The Bertz CT molecular complexity index is 1080. The summed E-state index contributed by atoms with van der Waals surface area (Å²) in [4.78, 5) is 0. The van der Waals surface area contributed by atoms with E-state index in [-0.39, 0.29) is 0 Å². The first kappa shape index (κ1) is 66.0. The van der Waals surface area contributed by atoms with Crippen molar-refractivity contribution in [3.63, 3.8) is 0 Å². The molecule has 0 amide bonds. The topological polar surface area (TPSA) is 102 Å². The van der Waals surface area contributed by atoms with Gasteiger partial charge in [0.15, 0.2) is 0 Å². The third-order valence-corrected chi connectivity index (χ3v) is 49.6. The van der Waals surface area contributed by atoms with Gasteiger partial charge in [-0.25, -0.2) is 0 Å². The minimum absolute atomic E-state index is 0.995. The third-order valence-electron chi connectivity index (χ3n) is 13.0. The van der Waals surface area contributed by atoms with Crippen molar-refractivity contribution in [2.45, 2.75) is 284 Å². The summed E-state index contributed by atoms with van der Waals surface area (Å²) in [5.74, 6) is 0. The summed E-state index contributed by atoms with van der Waals surface area (Å²) in [5.41, 5.74) is 0. The molecule has 0 radical (unpaired) electrons. The van der Waals surface area contributed by atoms with Gasteiger partial charge in [-0.05, 0) is 66.5 Å². The number of unbranched alkanes of at least 4 members (excludes halogenated alkanes) is 11. The Labute approximate surface area is 428 Å². The molecule has 0 N–H and O–H groups in total. The molecule has 0 spiro atoms. The van der Waals surface area contributed by atoms with Crippen LogP contribution >= 0.6 is 0 Å². The summed E-state index contributed by atoms with van der Waals surface area (Å²) in [6.45, 7) is 25.7. The molecule has 66 heavy (non-hydrogen) atoms. The Kier molecular flexibility index (Phi) is 41.3. The quantitative estimate of drug-likeness (QED) is 0.0587. The van der Waals surface area contributed by atoms with E-state index in [0.29, 0.717) is 0 Å². The predicted molar refractivity (Wildman–Crippen MR) is 307 cm³/mol. The van der Waals surface area contributed by atoms with Crippen LogP contribution in [0.25, 0.3) is 0 Å². The van der Waals surface area contributed by atoms with E-state index in [1.807, 2.05) is 0 Å². The predicted octanol–water partition coefficient (Wildman–Crippen LogP) is 11.4. The second-order valence-corrected chi connectivity index (χ2v) is 49.4. The number of rotatable bonds is 33. The molecule has 0 aromatic rings. The van der Waals surface area contributed by atoms with Gasteiger partial charge in [-0.1, -0.05) is 217 Å². The van der Waals surface area contributed by atoms with Crippen molar-refractivity contribution in [2.24, 2.45) is 0 Å². The maximum Gasteiger partial charge on any atom is 0.320 e. The Balaban J connectivity index is 4.51. The van der Waals surface area contributed by atoms with Crippen LogP contribution in [0.4, 0.5) is 0 Å². The van der Waals surface area contributed by atoms with Gasteiger partial charge < -0.3 is 45.3 Å². The fraction of sp³-hybridized carbons (Fsp3) is 1.00. The van der Waals surface area contributed by atoms with Gasteiger partial charge in [-0.3, -0.25) is 0 Å². The van der Waals surface area contributed by atoms with Crippen molar-refractivity contribution in [1.29, 1.82) is 0 Å². The first-order valence-corrected chi connectivity index (χ1v) is 46.8. The van der Waals surface area contributed by atoms with Crippen molar-refractivity contribution in [1.82, 2.24) is 0 Å². The lowest BCUT2D eigenvalue weighted by atomic mass is 10.4. The lowest BCUT2D eigenvalue weighted by molar-refractivity contribution is 0.231. The van der Waals surface area contributed by atoms with Gasteiger partial charge in [0.25, 0.3) is 50.0 Å². The van der Waals surface area contributed by atoms with Crippen molar-refractivity contribution < 1.29 is 45.3 Å². The lowest BCUT2D eigenvalue weighted by Crippen LogP contribution is -2.66. The largest absolute Gasteiger partial charge is 0.425 e. The van der Waals surface area contributed by atoms with E-state index < -0.39 is 102 Å². The number of hydrogen-bond donors (Lipinski definition) is 0. The van der Waals surface area contributed by atoms with Crippen molar-refractivity contribution >= 4 is 102 Å². The molecule has 1 aliphatic heterocycles. The molecule has 0 aliphatic carbocycles. The van der Waals surface area contributed by atoms with E-state index in [2.05, 4.69) is 76.2 Å². The molecule has 0 aromatic carbocycles. The Morgan fingerprint density at radius 1 is 0.288 bits per heavy atom. The summed E-state index contributed by atoms with van der Waals surface area (Å²) >= 11 is 0. The molecule has 1 fully saturated rings. The minimum Gasteiger partial charge on any atom is -0.425 e. The minimum atomic E-state index is -3.02. The maximum absolute atomic E-state index is 8.57. The van der Waals surface area contributed by atoms with Crippen LogP contribution < -0.4 is 0 Å². The molecule has 11 nitrogen and oxygen atoms in total. The van der Waals surface area contributed by atoms with Gasteiger partial charge >= 0.3 is 52.1 Å². The third kappa shape index (κ3) is 27.8. The molecule has 0 saturated carbocycles. The van der Waals surface area contributed by atoms with E-state index >= 15 is 0 Å². The second-order valence-electron chi connectivity index (χ2n) is 19.4. The summed E-state index contributed by atoms with van der Waals surface area (Å²) in [5, 5.41) is 0. The van der Waals surface area contributed by atoms with Crippen LogP contribution in [0.15, 0.2) is 0 Å². The summed E-state index contributed by atoms with van der Waals surface area (Å²) in [6.07, 6.45) is 24.5. The van der Waals surface area contributed by atoms with Gasteiger partial charge in [-0.15, -0.1) is 0 Å².